The third kappa shape index (κ3) is 3.77. The first-order valence-electron chi connectivity index (χ1n) is 7.58. The molecule has 0 radical (unpaired) electrons. The van der Waals surface area contributed by atoms with Gasteiger partial charge < -0.3 is 9.97 Å². The van der Waals surface area contributed by atoms with Crippen LogP contribution < -0.4 is 16.2 Å². The molecule has 0 aliphatic carbocycles. The Kier molecular flexibility index (Phi) is 4.72. The van der Waals surface area contributed by atoms with E-state index in [1.807, 2.05) is 0 Å². The molecule has 23 heavy (non-hydrogen) atoms. The van der Waals surface area contributed by atoms with Crippen LogP contribution in [0.15, 0.2) is 48.5 Å². The minimum absolute atomic E-state index is 0.321. The normalized spacial score (nSPS) is 17.0. The van der Waals surface area contributed by atoms with Crippen molar-refractivity contribution in [2.45, 2.75) is 18.9 Å². The SMILES string of the molecule is O=C(OB(c1ccc(F)cc1)c1ccc(F)cc1)[C@@H]1CCCN1. The van der Waals surface area contributed by atoms with Gasteiger partial charge in [-0.3, -0.25) is 4.79 Å². The summed E-state index contributed by atoms with van der Waals surface area (Å²) in [6.07, 6.45) is 1.66. The summed E-state index contributed by atoms with van der Waals surface area (Å²) in [4.78, 5) is 12.3. The number of nitrogens with one attached hydrogen (secondary N) is 1. The van der Waals surface area contributed by atoms with Gasteiger partial charge in [-0.15, -0.1) is 0 Å². The van der Waals surface area contributed by atoms with Crippen molar-refractivity contribution in [2.75, 3.05) is 6.54 Å². The lowest BCUT2D eigenvalue weighted by molar-refractivity contribution is -0.136. The third-order valence-corrected chi connectivity index (χ3v) is 3.92. The van der Waals surface area contributed by atoms with Crippen molar-refractivity contribution < 1.29 is 18.2 Å². The Morgan fingerprint density at radius 2 is 1.52 bits per heavy atom. The van der Waals surface area contributed by atoms with Crippen LogP contribution in [0.1, 0.15) is 12.8 Å². The number of carbonyl (C=O) groups excluding carboxylic acids is 1. The molecule has 1 atom stereocenters. The van der Waals surface area contributed by atoms with Crippen molar-refractivity contribution in [3.8, 4) is 0 Å². The van der Waals surface area contributed by atoms with E-state index in [0.29, 0.717) is 10.9 Å². The van der Waals surface area contributed by atoms with Crippen LogP contribution in [0.3, 0.4) is 0 Å². The van der Waals surface area contributed by atoms with Gasteiger partial charge in [-0.05, 0) is 54.6 Å². The highest BCUT2D eigenvalue weighted by Gasteiger charge is 2.31. The fourth-order valence-electron chi connectivity index (χ4n) is 2.69. The van der Waals surface area contributed by atoms with E-state index in [4.69, 9.17) is 4.65 Å². The maximum absolute atomic E-state index is 13.1. The largest absolute Gasteiger partial charge is 0.525 e. The van der Waals surface area contributed by atoms with Crippen molar-refractivity contribution in [1.82, 2.24) is 5.32 Å². The first kappa shape index (κ1) is 15.7. The Balaban J connectivity index is 1.87. The Bertz CT molecular complexity index is 624. The lowest BCUT2D eigenvalue weighted by Crippen LogP contribution is -2.49. The highest BCUT2D eigenvalue weighted by Crippen LogP contribution is 2.08. The van der Waals surface area contributed by atoms with Gasteiger partial charge in [0.05, 0.1) is 0 Å². The highest BCUT2D eigenvalue weighted by molar-refractivity contribution is 6.81. The smallest absolute Gasteiger partial charge is 0.429 e. The highest BCUT2D eigenvalue weighted by atomic mass is 19.1. The van der Waals surface area contributed by atoms with Crippen molar-refractivity contribution in [1.29, 1.82) is 0 Å². The van der Waals surface area contributed by atoms with Crippen LogP contribution in [-0.2, 0) is 9.45 Å². The van der Waals surface area contributed by atoms with Gasteiger partial charge in [-0.1, -0.05) is 24.3 Å². The summed E-state index contributed by atoms with van der Waals surface area (Å²) in [7, 11) is 0. The Hall–Kier alpha value is -2.21. The van der Waals surface area contributed by atoms with E-state index < -0.39 is 6.92 Å². The molecule has 0 spiro atoms. The Morgan fingerprint density at radius 1 is 1.00 bits per heavy atom. The molecule has 3 rings (SSSR count). The van der Waals surface area contributed by atoms with Crippen LogP contribution in [-0.4, -0.2) is 25.5 Å². The van der Waals surface area contributed by atoms with Crippen LogP contribution in [0.5, 0.6) is 0 Å². The van der Waals surface area contributed by atoms with Gasteiger partial charge in [0.15, 0.2) is 0 Å². The van der Waals surface area contributed by atoms with E-state index in [9.17, 15) is 13.6 Å². The molecule has 0 unspecified atom stereocenters. The summed E-state index contributed by atoms with van der Waals surface area (Å²) in [5.74, 6) is -1.08. The average molecular weight is 315 g/mol. The molecule has 0 saturated carbocycles. The molecule has 0 amide bonds. The second kappa shape index (κ2) is 6.92. The lowest BCUT2D eigenvalue weighted by Gasteiger charge is -2.18. The first-order valence-corrected chi connectivity index (χ1v) is 7.58. The van der Waals surface area contributed by atoms with Crippen LogP contribution in [0.25, 0.3) is 0 Å². The molecular formula is C17H16BF2NO2. The minimum atomic E-state index is -0.689. The van der Waals surface area contributed by atoms with Gasteiger partial charge in [0.1, 0.15) is 17.7 Å². The Morgan fingerprint density at radius 3 is 1.96 bits per heavy atom. The van der Waals surface area contributed by atoms with Crippen LogP contribution in [0, 0.1) is 11.6 Å². The predicted octanol–water partition coefficient (Wildman–Crippen LogP) is 1.37. The van der Waals surface area contributed by atoms with Gasteiger partial charge in [-0.25, -0.2) is 8.78 Å². The molecule has 1 fully saturated rings. The molecule has 3 nitrogen and oxygen atoms in total. The standard InChI is InChI=1S/C17H16BF2NO2/c19-14-7-3-12(4-8-14)18(13-5-9-15(20)10-6-13)23-17(22)16-2-1-11-21-16/h3-10,16,21H,1-2,11H2/t16-/m0/s1. The molecule has 1 aliphatic rings. The molecule has 1 heterocycles. The summed E-state index contributed by atoms with van der Waals surface area (Å²) < 4.78 is 31.9. The second-order valence-electron chi connectivity index (χ2n) is 5.57. The molecule has 2 aromatic carbocycles. The van der Waals surface area contributed by atoms with Crippen LogP contribution >= 0.6 is 0 Å². The van der Waals surface area contributed by atoms with E-state index in [-0.39, 0.29) is 23.6 Å². The quantitative estimate of drug-likeness (QED) is 0.866. The zero-order valence-electron chi connectivity index (χ0n) is 12.5. The van der Waals surface area contributed by atoms with E-state index in [1.165, 1.54) is 24.3 Å². The second-order valence-corrected chi connectivity index (χ2v) is 5.57. The number of benzene rings is 2. The van der Waals surface area contributed by atoms with E-state index in [1.54, 1.807) is 24.3 Å². The van der Waals surface area contributed by atoms with Crippen molar-refractivity contribution in [3.05, 3.63) is 60.2 Å². The molecule has 0 aromatic heterocycles. The van der Waals surface area contributed by atoms with E-state index in [2.05, 4.69) is 5.32 Å². The van der Waals surface area contributed by atoms with Crippen LogP contribution in [0.2, 0.25) is 0 Å². The van der Waals surface area contributed by atoms with E-state index >= 15 is 0 Å². The Labute approximate surface area is 133 Å². The van der Waals surface area contributed by atoms with Crippen molar-refractivity contribution >= 4 is 23.8 Å². The van der Waals surface area contributed by atoms with Crippen molar-refractivity contribution in [3.63, 3.8) is 0 Å². The average Bonchev–Trinajstić information content (AvgIpc) is 3.09. The molecule has 118 valence electrons. The van der Waals surface area contributed by atoms with Gasteiger partial charge in [0.2, 0.25) is 0 Å². The van der Waals surface area contributed by atoms with Gasteiger partial charge >= 0.3 is 12.9 Å². The molecular weight excluding hydrogens is 299 g/mol. The third-order valence-electron chi connectivity index (χ3n) is 3.92. The number of hydrogen-bond acceptors (Lipinski definition) is 3. The molecule has 1 saturated heterocycles. The summed E-state index contributed by atoms with van der Waals surface area (Å²) >= 11 is 0. The topological polar surface area (TPSA) is 38.3 Å². The molecule has 1 aliphatic heterocycles. The minimum Gasteiger partial charge on any atom is -0.525 e. The number of rotatable bonds is 4. The summed E-state index contributed by atoms with van der Waals surface area (Å²) in [5.41, 5.74) is 1.29. The summed E-state index contributed by atoms with van der Waals surface area (Å²) in [6, 6.07) is 11.2. The van der Waals surface area contributed by atoms with Crippen LogP contribution in [0.4, 0.5) is 8.78 Å². The fraction of sp³-hybridized carbons (Fsp3) is 0.235. The first-order chi connectivity index (χ1) is 11.1. The fourth-order valence-corrected chi connectivity index (χ4v) is 2.69. The summed E-state index contributed by atoms with van der Waals surface area (Å²) in [6.45, 7) is 0.100. The lowest BCUT2D eigenvalue weighted by atomic mass is 9.55. The molecule has 2 aromatic rings. The molecule has 0 bridgehead atoms. The zero-order valence-corrected chi connectivity index (χ0v) is 12.5. The van der Waals surface area contributed by atoms with Gasteiger partial charge in [0, 0.05) is 0 Å². The maximum Gasteiger partial charge on any atom is 0.429 e. The summed E-state index contributed by atoms with van der Waals surface area (Å²) in [5, 5.41) is 3.09. The van der Waals surface area contributed by atoms with Gasteiger partial charge in [-0.2, -0.15) is 0 Å². The number of hydrogen-bond donors (Lipinski definition) is 1. The van der Waals surface area contributed by atoms with E-state index in [0.717, 1.165) is 19.4 Å². The number of carbonyl (C=O) groups is 1. The van der Waals surface area contributed by atoms with Crippen molar-refractivity contribution in [2.24, 2.45) is 0 Å². The van der Waals surface area contributed by atoms with Gasteiger partial charge in [0.25, 0.3) is 0 Å². The zero-order chi connectivity index (χ0) is 16.2. The molecule has 6 heteroatoms. The maximum atomic E-state index is 13.1. The number of halogens is 2. The molecule has 1 N–H and O–H groups in total. The monoisotopic (exact) mass is 315 g/mol. The predicted molar refractivity (Wildman–Crippen MR) is 84.9 cm³/mol.